The minimum Gasteiger partial charge on any atom is -0.455 e. The molecule has 7 rings (SSSR count). The van der Waals surface area contributed by atoms with E-state index in [1.807, 2.05) is 97.1 Å². The molecule has 0 saturated heterocycles. The SMILES string of the molecule is [2H]c1c([2H])c([2H])c(-c2c3ccccc3c(-c3c(-c4ccccc4)oc4ccccc34)c3ccccc23)c([2H])c1[2H]. The highest BCUT2D eigenvalue weighted by Gasteiger charge is 2.23. The molecule has 1 heteroatoms. The Hall–Kier alpha value is -4.62. The van der Waals surface area contributed by atoms with Crippen LogP contribution in [0.1, 0.15) is 6.85 Å². The monoisotopic (exact) mass is 451 g/mol. The second-order valence-corrected chi connectivity index (χ2v) is 8.51. The molecule has 1 aromatic heterocycles. The van der Waals surface area contributed by atoms with Crippen LogP contribution in [0.3, 0.4) is 0 Å². The van der Waals surface area contributed by atoms with Gasteiger partial charge in [0.05, 0.1) is 6.85 Å². The lowest BCUT2D eigenvalue weighted by atomic mass is 9.84. The van der Waals surface area contributed by atoms with Crippen LogP contribution in [-0.4, -0.2) is 0 Å². The summed E-state index contributed by atoms with van der Waals surface area (Å²) in [5, 5.41) is 4.41. The lowest BCUT2D eigenvalue weighted by Gasteiger charge is -2.18. The van der Waals surface area contributed by atoms with E-state index in [9.17, 15) is 0 Å². The minimum atomic E-state index is -0.402. The molecule has 7 aromatic rings. The van der Waals surface area contributed by atoms with Crippen molar-refractivity contribution in [1.29, 1.82) is 0 Å². The average Bonchev–Trinajstić information content (AvgIpc) is 3.38. The van der Waals surface area contributed by atoms with E-state index in [2.05, 4.69) is 6.07 Å². The Labute approximate surface area is 210 Å². The van der Waals surface area contributed by atoms with Crippen molar-refractivity contribution in [3.8, 4) is 33.6 Å². The van der Waals surface area contributed by atoms with Gasteiger partial charge in [-0.15, -0.1) is 0 Å². The van der Waals surface area contributed by atoms with E-state index in [4.69, 9.17) is 11.3 Å². The molecule has 0 N–H and O–H groups in total. The van der Waals surface area contributed by atoms with Gasteiger partial charge in [-0.1, -0.05) is 127 Å². The van der Waals surface area contributed by atoms with Gasteiger partial charge in [-0.25, -0.2) is 0 Å². The zero-order valence-electron chi connectivity index (χ0n) is 23.7. The molecular weight excluding hydrogens is 424 g/mol. The van der Waals surface area contributed by atoms with E-state index < -0.39 is 6.04 Å². The van der Waals surface area contributed by atoms with Gasteiger partial charge in [0.1, 0.15) is 11.3 Å². The van der Waals surface area contributed by atoms with E-state index in [0.29, 0.717) is 5.56 Å². The van der Waals surface area contributed by atoms with Crippen LogP contribution in [-0.2, 0) is 0 Å². The van der Waals surface area contributed by atoms with Crippen LogP contribution in [0.15, 0.2) is 138 Å². The number of rotatable bonds is 3. The summed E-state index contributed by atoms with van der Waals surface area (Å²) in [7, 11) is 0. The zero-order chi connectivity index (χ0) is 27.5. The first-order valence-electron chi connectivity index (χ1n) is 14.1. The van der Waals surface area contributed by atoms with Crippen LogP contribution in [0.4, 0.5) is 0 Å². The predicted octanol–water partition coefficient (Wildman–Crippen LogP) is 9.74. The van der Waals surface area contributed by atoms with Crippen molar-refractivity contribution in [2.75, 3.05) is 0 Å². The second-order valence-electron chi connectivity index (χ2n) is 8.51. The van der Waals surface area contributed by atoms with Gasteiger partial charge in [-0.05, 0) is 38.7 Å². The first kappa shape index (κ1) is 15.3. The quantitative estimate of drug-likeness (QED) is 0.244. The van der Waals surface area contributed by atoms with Crippen molar-refractivity contribution >= 4 is 32.5 Å². The molecule has 164 valence electrons. The lowest BCUT2D eigenvalue weighted by Crippen LogP contribution is -1.91. The van der Waals surface area contributed by atoms with Crippen LogP contribution < -0.4 is 0 Å². The highest BCUT2D eigenvalue weighted by Crippen LogP contribution is 2.49. The molecule has 0 saturated carbocycles. The highest BCUT2D eigenvalue weighted by molar-refractivity contribution is 6.24. The smallest absolute Gasteiger partial charge is 0.143 e. The molecule has 0 aliphatic heterocycles. The van der Waals surface area contributed by atoms with Crippen molar-refractivity contribution in [2.24, 2.45) is 0 Å². The van der Waals surface area contributed by atoms with E-state index in [-0.39, 0.29) is 29.7 Å². The molecule has 0 aliphatic rings. The standard InChI is InChI=1S/C34H22O/c1-3-13-23(14-4-1)31-25-17-7-9-19-27(25)32(28-20-10-8-18-26(28)31)33-29-21-11-12-22-30(29)35-34(33)24-15-5-2-6-16-24/h1-22H/i1D,3D,4D,13D,14D. The van der Waals surface area contributed by atoms with E-state index in [0.717, 1.165) is 55.0 Å². The molecule has 1 nitrogen and oxygen atoms in total. The fourth-order valence-corrected chi connectivity index (χ4v) is 5.13. The van der Waals surface area contributed by atoms with Crippen LogP contribution in [0.25, 0.3) is 66.1 Å². The summed E-state index contributed by atoms with van der Waals surface area (Å²) in [6.07, 6.45) is 0. The number of hydrogen-bond donors (Lipinski definition) is 0. The van der Waals surface area contributed by atoms with Crippen molar-refractivity contribution in [2.45, 2.75) is 0 Å². The Bertz CT molecular complexity index is 2030. The Morgan fingerprint density at radius 2 is 0.943 bits per heavy atom. The minimum absolute atomic E-state index is 0.199. The third-order valence-corrected chi connectivity index (χ3v) is 6.56. The fraction of sp³-hybridized carbons (Fsp3) is 0. The van der Waals surface area contributed by atoms with Crippen molar-refractivity contribution < 1.29 is 11.3 Å². The molecule has 0 bridgehead atoms. The van der Waals surface area contributed by atoms with Gasteiger partial charge in [-0.3, -0.25) is 0 Å². The molecule has 0 spiro atoms. The predicted molar refractivity (Wildman–Crippen MR) is 148 cm³/mol. The normalized spacial score (nSPS) is 13.4. The maximum atomic E-state index is 8.78. The van der Waals surface area contributed by atoms with E-state index in [1.54, 1.807) is 0 Å². The van der Waals surface area contributed by atoms with Gasteiger partial charge < -0.3 is 4.42 Å². The van der Waals surface area contributed by atoms with Gasteiger partial charge in [0, 0.05) is 22.1 Å². The van der Waals surface area contributed by atoms with Crippen LogP contribution in [0.5, 0.6) is 0 Å². The molecule has 0 fully saturated rings. The van der Waals surface area contributed by atoms with Crippen LogP contribution in [0, 0.1) is 0 Å². The molecule has 0 radical (unpaired) electrons. The van der Waals surface area contributed by atoms with Gasteiger partial charge in [0.25, 0.3) is 0 Å². The van der Waals surface area contributed by atoms with Gasteiger partial charge >= 0.3 is 0 Å². The molecule has 1 heterocycles. The lowest BCUT2D eigenvalue weighted by molar-refractivity contribution is 0.632. The Morgan fingerprint density at radius 3 is 1.57 bits per heavy atom. The van der Waals surface area contributed by atoms with Crippen LogP contribution in [0.2, 0.25) is 0 Å². The number of benzene rings is 6. The number of hydrogen-bond acceptors (Lipinski definition) is 1. The van der Waals surface area contributed by atoms with Gasteiger partial charge in [0.2, 0.25) is 0 Å². The maximum Gasteiger partial charge on any atom is 0.143 e. The van der Waals surface area contributed by atoms with Crippen molar-refractivity contribution in [3.63, 3.8) is 0 Å². The van der Waals surface area contributed by atoms with Crippen molar-refractivity contribution in [3.05, 3.63) is 133 Å². The van der Waals surface area contributed by atoms with E-state index >= 15 is 0 Å². The number of para-hydroxylation sites is 1. The maximum absolute atomic E-state index is 8.78. The largest absolute Gasteiger partial charge is 0.455 e. The summed E-state index contributed by atoms with van der Waals surface area (Å²) in [4.78, 5) is 0. The molecule has 0 aliphatic carbocycles. The summed E-state index contributed by atoms with van der Waals surface area (Å²) < 4.78 is 48.9. The summed E-state index contributed by atoms with van der Waals surface area (Å²) in [6, 6.07) is 32.3. The first-order chi connectivity index (χ1) is 19.5. The zero-order valence-corrected chi connectivity index (χ0v) is 18.7. The Morgan fingerprint density at radius 1 is 0.429 bits per heavy atom. The first-order valence-corrected chi connectivity index (χ1v) is 11.6. The molecule has 35 heavy (non-hydrogen) atoms. The van der Waals surface area contributed by atoms with E-state index in [1.165, 1.54) is 0 Å². The summed E-state index contributed by atoms with van der Waals surface area (Å²) in [5.74, 6) is 0.757. The number of fused-ring (bicyclic) bond motifs is 3. The summed E-state index contributed by atoms with van der Waals surface area (Å²) >= 11 is 0. The summed E-state index contributed by atoms with van der Waals surface area (Å²) in [5.41, 5.74) is 4.50. The highest BCUT2D eigenvalue weighted by atomic mass is 16.3. The van der Waals surface area contributed by atoms with Gasteiger partial charge in [0.15, 0.2) is 0 Å². The summed E-state index contributed by atoms with van der Waals surface area (Å²) in [6.45, 7) is 0. The fourth-order valence-electron chi connectivity index (χ4n) is 5.13. The molecular formula is C34H22O. The third-order valence-electron chi connectivity index (χ3n) is 6.56. The number of furan rings is 1. The third kappa shape index (κ3) is 3.09. The average molecular weight is 452 g/mol. The Kier molecular flexibility index (Phi) is 3.50. The molecule has 6 aromatic carbocycles. The second kappa shape index (κ2) is 8.00. The van der Waals surface area contributed by atoms with Crippen LogP contribution >= 0.6 is 0 Å². The van der Waals surface area contributed by atoms with Gasteiger partial charge in [-0.2, -0.15) is 0 Å². The molecule has 0 unspecified atom stereocenters. The molecule has 0 amide bonds. The molecule has 0 atom stereocenters. The Balaban J connectivity index is 1.71. The topological polar surface area (TPSA) is 13.1 Å². The van der Waals surface area contributed by atoms with Crippen molar-refractivity contribution in [1.82, 2.24) is 0 Å².